The highest BCUT2D eigenvalue weighted by Crippen LogP contribution is 2.35. The van der Waals surface area contributed by atoms with Gasteiger partial charge in [0.1, 0.15) is 23.9 Å². The fourth-order valence-electron chi connectivity index (χ4n) is 2.24. The molecule has 0 saturated carbocycles. The lowest BCUT2D eigenvalue weighted by Crippen LogP contribution is -2.45. The zero-order valence-corrected chi connectivity index (χ0v) is 10.00. The Bertz CT molecular complexity index is 422. The van der Waals surface area contributed by atoms with Gasteiger partial charge in [0.15, 0.2) is 0 Å². The third-order valence-electron chi connectivity index (χ3n) is 3.29. The van der Waals surface area contributed by atoms with Crippen LogP contribution in [-0.2, 0) is 0 Å². The first kappa shape index (κ1) is 13.0. The van der Waals surface area contributed by atoms with Gasteiger partial charge in [-0.15, -0.1) is 0 Å². The second kappa shape index (κ2) is 5.49. The highest BCUT2D eigenvalue weighted by atomic mass is 19.1. The summed E-state index contributed by atoms with van der Waals surface area (Å²) in [4.78, 5) is 1.92. The van der Waals surface area contributed by atoms with Crippen molar-refractivity contribution in [2.75, 3.05) is 38.6 Å². The van der Waals surface area contributed by atoms with Crippen molar-refractivity contribution < 1.29 is 13.9 Å². The normalized spacial score (nSPS) is 18.8. The molecule has 0 bridgehead atoms. The second-order valence-electron chi connectivity index (χ2n) is 4.35. The molecule has 1 aromatic rings. The lowest BCUT2D eigenvalue weighted by Gasteiger charge is -2.34. The van der Waals surface area contributed by atoms with Gasteiger partial charge in [0.2, 0.25) is 0 Å². The Morgan fingerprint density at radius 3 is 2.67 bits per heavy atom. The van der Waals surface area contributed by atoms with Crippen LogP contribution in [0, 0.1) is 5.82 Å². The Morgan fingerprint density at radius 1 is 1.39 bits per heavy atom. The van der Waals surface area contributed by atoms with E-state index in [9.17, 15) is 13.9 Å². The van der Waals surface area contributed by atoms with Gasteiger partial charge in [-0.05, 0) is 6.07 Å². The molecule has 18 heavy (non-hydrogen) atoms. The standard InChI is InChI=1S/C12H17F2N3O/c13-7-10(17-5-3-16-4-6-17)8-1-2-9(14)11(15)12(8)18/h1-2,10,16,18H,3-7,15H2/t10-/m0/s1. The molecule has 0 aliphatic carbocycles. The number of nitrogen functional groups attached to an aromatic ring is 1. The van der Waals surface area contributed by atoms with Crippen LogP contribution in [0.25, 0.3) is 0 Å². The molecule has 2 rings (SSSR count). The quantitative estimate of drug-likeness (QED) is 0.559. The Morgan fingerprint density at radius 2 is 2.06 bits per heavy atom. The van der Waals surface area contributed by atoms with Gasteiger partial charge in [0.05, 0.1) is 6.04 Å². The van der Waals surface area contributed by atoms with E-state index in [1.54, 1.807) is 0 Å². The minimum Gasteiger partial charge on any atom is -0.505 e. The van der Waals surface area contributed by atoms with Crippen molar-refractivity contribution in [3.05, 3.63) is 23.5 Å². The van der Waals surface area contributed by atoms with Crippen molar-refractivity contribution in [3.63, 3.8) is 0 Å². The number of aromatic hydroxyl groups is 1. The minimum absolute atomic E-state index is 0.318. The summed E-state index contributed by atoms with van der Waals surface area (Å²) < 4.78 is 26.4. The summed E-state index contributed by atoms with van der Waals surface area (Å²) in [5, 5.41) is 13.0. The smallest absolute Gasteiger partial charge is 0.149 e. The number of phenols is 1. The van der Waals surface area contributed by atoms with Crippen LogP contribution < -0.4 is 11.1 Å². The van der Waals surface area contributed by atoms with Crippen LogP contribution in [0.4, 0.5) is 14.5 Å². The van der Waals surface area contributed by atoms with Crippen LogP contribution in [0.1, 0.15) is 11.6 Å². The molecule has 0 amide bonds. The van der Waals surface area contributed by atoms with Gasteiger partial charge in [-0.25, -0.2) is 8.78 Å². The Kier molecular flexibility index (Phi) is 3.98. The number of rotatable bonds is 3. The average Bonchev–Trinajstić information content (AvgIpc) is 2.41. The largest absolute Gasteiger partial charge is 0.505 e. The summed E-state index contributed by atoms with van der Waals surface area (Å²) in [6.07, 6.45) is 0. The molecule has 1 saturated heterocycles. The molecule has 0 spiro atoms. The Labute approximate surface area is 104 Å². The number of hydrogen-bond acceptors (Lipinski definition) is 4. The molecular weight excluding hydrogens is 240 g/mol. The Balaban J connectivity index is 2.29. The van der Waals surface area contributed by atoms with Gasteiger partial charge >= 0.3 is 0 Å². The summed E-state index contributed by atoms with van der Waals surface area (Å²) in [6.45, 7) is 2.27. The molecule has 6 heteroatoms. The molecule has 100 valence electrons. The zero-order valence-electron chi connectivity index (χ0n) is 10.00. The maximum absolute atomic E-state index is 13.2. The lowest BCUT2D eigenvalue weighted by molar-refractivity contribution is 0.145. The van der Waals surface area contributed by atoms with Crippen molar-refractivity contribution in [1.82, 2.24) is 10.2 Å². The summed E-state index contributed by atoms with van der Waals surface area (Å²) in [5.74, 6) is -1.04. The summed E-state index contributed by atoms with van der Waals surface area (Å²) in [5.41, 5.74) is 5.45. The molecule has 4 N–H and O–H groups in total. The van der Waals surface area contributed by atoms with E-state index < -0.39 is 18.5 Å². The number of halogens is 2. The molecule has 1 aromatic carbocycles. The van der Waals surface area contributed by atoms with Crippen LogP contribution in [0.3, 0.4) is 0 Å². The van der Waals surface area contributed by atoms with Gasteiger partial charge in [-0.2, -0.15) is 0 Å². The second-order valence-corrected chi connectivity index (χ2v) is 4.35. The molecule has 1 fully saturated rings. The van der Waals surface area contributed by atoms with Crippen molar-refractivity contribution >= 4 is 5.69 Å². The van der Waals surface area contributed by atoms with Crippen molar-refractivity contribution in [3.8, 4) is 5.75 Å². The van der Waals surface area contributed by atoms with Gasteiger partial charge < -0.3 is 16.2 Å². The number of hydrogen-bond donors (Lipinski definition) is 3. The zero-order chi connectivity index (χ0) is 13.1. The molecule has 0 unspecified atom stereocenters. The van der Waals surface area contributed by atoms with Gasteiger partial charge in [0.25, 0.3) is 0 Å². The predicted molar refractivity (Wildman–Crippen MR) is 65.6 cm³/mol. The first-order chi connectivity index (χ1) is 8.65. The molecule has 1 aliphatic heterocycles. The monoisotopic (exact) mass is 257 g/mol. The van der Waals surface area contributed by atoms with Gasteiger partial charge in [-0.3, -0.25) is 4.90 Å². The Hall–Kier alpha value is -1.40. The van der Waals surface area contributed by atoms with E-state index in [-0.39, 0.29) is 11.4 Å². The molecular formula is C12H17F2N3O. The number of anilines is 1. The van der Waals surface area contributed by atoms with Crippen molar-refractivity contribution in [2.24, 2.45) is 0 Å². The lowest BCUT2D eigenvalue weighted by atomic mass is 10.0. The first-order valence-electron chi connectivity index (χ1n) is 5.92. The van der Waals surface area contributed by atoms with Crippen LogP contribution in [0.5, 0.6) is 5.75 Å². The average molecular weight is 257 g/mol. The number of phenolic OH excluding ortho intramolecular Hbond substituents is 1. The van der Waals surface area contributed by atoms with E-state index in [0.29, 0.717) is 18.7 Å². The van der Waals surface area contributed by atoms with E-state index >= 15 is 0 Å². The van der Waals surface area contributed by atoms with E-state index in [0.717, 1.165) is 19.2 Å². The van der Waals surface area contributed by atoms with E-state index in [1.165, 1.54) is 6.07 Å². The predicted octanol–water partition coefficient (Wildman–Crippen LogP) is 1.03. The number of nitrogens with one attached hydrogen (secondary N) is 1. The third kappa shape index (κ3) is 2.39. The fourth-order valence-corrected chi connectivity index (χ4v) is 2.24. The van der Waals surface area contributed by atoms with E-state index in [4.69, 9.17) is 5.73 Å². The summed E-state index contributed by atoms with van der Waals surface area (Å²) in [7, 11) is 0. The molecule has 4 nitrogen and oxygen atoms in total. The maximum Gasteiger partial charge on any atom is 0.149 e. The minimum atomic E-state index is -0.686. The number of nitrogens with two attached hydrogens (primary N) is 1. The van der Waals surface area contributed by atoms with Gasteiger partial charge in [-0.1, -0.05) is 6.07 Å². The van der Waals surface area contributed by atoms with Crippen molar-refractivity contribution in [2.45, 2.75) is 6.04 Å². The number of nitrogens with zero attached hydrogens (tertiary/aromatic N) is 1. The summed E-state index contributed by atoms with van der Waals surface area (Å²) in [6, 6.07) is 1.98. The fraction of sp³-hybridized carbons (Fsp3) is 0.500. The molecule has 1 atom stereocenters. The van der Waals surface area contributed by atoms with Crippen molar-refractivity contribution in [1.29, 1.82) is 0 Å². The first-order valence-corrected chi connectivity index (χ1v) is 5.92. The molecule has 0 radical (unpaired) electrons. The van der Waals surface area contributed by atoms with E-state index in [1.807, 2.05) is 4.90 Å². The molecule has 1 aliphatic rings. The maximum atomic E-state index is 13.2. The SMILES string of the molecule is Nc1c(F)ccc([C@H](CF)N2CCNCC2)c1O. The summed E-state index contributed by atoms with van der Waals surface area (Å²) >= 11 is 0. The van der Waals surface area contributed by atoms with E-state index in [2.05, 4.69) is 5.32 Å². The highest BCUT2D eigenvalue weighted by molar-refractivity contribution is 5.57. The van der Waals surface area contributed by atoms with Crippen LogP contribution >= 0.6 is 0 Å². The number of benzene rings is 1. The molecule has 0 aromatic heterocycles. The van der Waals surface area contributed by atoms with Crippen LogP contribution in [-0.4, -0.2) is 42.9 Å². The van der Waals surface area contributed by atoms with Crippen LogP contribution in [0.2, 0.25) is 0 Å². The highest BCUT2D eigenvalue weighted by Gasteiger charge is 2.25. The van der Waals surface area contributed by atoms with Gasteiger partial charge in [0, 0.05) is 31.7 Å². The topological polar surface area (TPSA) is 61.5 Å². The third-order valence-corrected chi connectivity index (χ3v) is 3.29. The molecule has 1 heterocycles. The number of piperazine rings is 1. The van der Waals surface area contributed by atoms with Crippen LogP contribution in [0.15, 0.2) is 12.1 Å². The number of alkyl halides is 1.